The minimum absolute atomic E-state index is 0.0782. The molecule has 1 heterocycles. The van der Waals surface area contributed by atoms with Gasteiger partial charge in [-0.15, -0.1) is 0 Å². The summed E-state index contributed by atoms with van der Waals surface area (Å²) >= 11 is 0. The molecule has 0 spiro atoms. The maximum atomic E-state index is 13.5. The quantitative estimate of drug-likeness (QED) is 0.839. The minimum atomic E-state index is -1.17. The molecule has 98 valence electrons. The number of carbonyl (C=O) groups is 1. The van der Waals surface area contributed by atoms with Crippen molar-refractivity contribution >= 4 is 11.6 Å². The average molecular weight is 256 g/mol. The molecule has 2 rings (SSSR count). The second kappa shape index (κ2) is 4.62. The van der Waals surface area contributed by atoms with Crippen molar-refractivity contribution in [1.29, 1.82) is 0 Å². The topological polar surface area (TPSA) is 64.4 Å². The van der Waals surface area contributed by atoms with Crippen LogP contribution in [0.15, 0.2) is 12.1 Å². The van der Waals surface area contributed by atoms with E-state index in [9.17, 15) is 13.6 Å². The summed E-state index contributed by atoms with van der Waals surface area (Å²) in [4.78, 5) is 11.9. The van der Waals surface area contributed by atoms with Gasteiger partial charge in [0, 0.05) is 12.7 Å². The van der Waals surface area contributed by atoms with E-state index in [0.29, 0.717) is 13.0 Å². The Bertz CT molecular complexity index is 485. The fourth-order valence-electron chi connectivity index (χ4n) is 1.75. The number of hydrogen-bond acceptors (Lipinski definition) is 3. The molecular formula is C12H14F2N2O2. The van der Waals surface area contributed by atoms with Crippen molar-refractivity contribution < 1.29 is 18.3 Å². The highest BCUT2D eigenvalue weighted by atomic mass is 19.1. The van der Waals surface area contributed by atoms with Crippen molar-refractivity contribution in [2.75, 3.05) is 18.5 Å². The monoisotopic (exact) mass is 256 g/mol. The summed E-state index contributed by atoms with van der Waals surface area (Å²) in [7, 11) is 0. The lowest BCUT2D eigenvalue weighted by Crippen LogP contribution is -2.51. The Hall–Kier alpha value is -1.53. The third-order valence-electron chi connectivity index (χ3n) is 3.00. The van der Waals surface area contributed by atoms with E-state index in [1.807, 2.05) is 0 Å². The van der Waals surface area contributed by atoms with Crippen LogP contribution in [0, 0.1) is 18.6 Å². The van der Waals surface area contributed by atoms with Crippen LogP contribution < -0.4 is 11.1 Å². The standard InChI is InChI=1S/C12H14F2N2O2/c1-7-4-9(14)10(5-8(7)13)16-11(17)12(15)2-3-18-6-12/h4-5H,2-3,6,15H2,1H3,(H,16,17). The van der Waals surface area contributed by atoms with Gasteiger partial charge >= 0.3 is 0 Å². The summed E-state index contributed by atoms with van der Waals surface area (Å²) in [5, 5.41) is 2.30. The number of carbonyl (C=O) groups excluding carboxylic acids is 1. The van der Waals surface area contributed by atoms with Crippen molar-refractivity contribution in [2.24, 2.45) is 5.73 Å². The van der Waals surface area contributed by atoms with Crippen LogP contribution in [0.1, 0.15) is 12.0 Å². The molecule has 0 bridgehead atoms. The summed E-state index contributed by atoms with van der Waals surface area (Å²) in [6, 6.07) is 1.97. The zero-order chi connectivity index (χ0) is 13.3. The summed E-state index contributed by atoms with van der Waals surface area (Å²) < 4.78 is 31.9. The van der Waals surface area contributed by atoms with Crippen LogP contribution >= 0.6 is 0 Å². The Kier molecular flexibility index (Phi) is 3.32. The molecule has 0 radical (unpaired) electrons. The number of hydrogen-bond donors (Lipinski definition) is 2. The Morgan fingerprint density at radius 1 is 1.44 bits per heavy atom. The Labute approximate surface area is 103 Å². The summed E-state index contributed by atoms with van der Waals surface area (Å²) in [6.07, 6.45) is 0.356. The number of halogens is 2. The lowest BCUT2D eigenvalue weighted by atomic mass is 9.99. The SMILES string of the molecule is Cc1cc(F)c(NC(=O)C2(N)CCOC2)cc1F. The average Bonchev–Trinajstić information content (AvgIpc) is 2.74. The van der Waals surface area contributed by atoms with Gasteiger partial charge in [-0.3, -0.25) is 4.79 Å². The molecule has 18 heavy (non-hydrogen) atoms. The number of benzene rings is 1. The van der Waals surface area contributed by atoms with Gasteiger partial charge in [-0.1, -0.05) is 0 Å². The Morgan fingerprint density at radius 3 is 2.78 bits per heavy atom. The van der Waals surface area contributed by atoms with Gasteiger partial charge in [0.05, 0.1) is 12.3 Å². The van der Waals surface area contributed by atoms with Gasteiger partial charge in [0.2, 0.25) is 5.91 Å². The van der Waals surface area contributed by atoms with Gasteiger partial charge < -0.3 is 15.8 Å². The molecule has 1 aliphatic rings. The van der Waals surface area contributed by atoms with Gasteiger partial charge in [-0.05, 0) is 25.0 Å². The van der Waals surface area contributed by atoms with Crippen molar-refractivity contribution in [1.82, 2.24) is 0 Å². The van der Waals surface area contributed by atoms with E-state index in [-0.39, 0.29) is 17.9 Å². The highest BCUT2D eigenvalue weighted by molar-refractivity contribution is 5.98. The molecule has 1 atom stereocenters. The predicted octanol–water partition coefficient (Wildman–Crippen LogP) is 1.33. The highest BCUT2D eigenvalue weighted by Crippen LogP contribution is 2.22. The van der Waals surface area contributed by atoms with E-state index in [2.05, 4.69) is 5.32 Å². The molecule has 1 fully saturated rings. The van der Waals surface area contributed by atoms with Crippen molar-refractivity contribution in [2.45, 2.75) is 18.9 Å². The van der Waals surface area contributed by atoms with Crippen LogP contribution in [0.4, 0.5) is 14.5 Å². The number of nitrogens with two attached hydrogens (primary N) is 1. The van der Waals surface area contributed by atoms with Crippen LogP contribution in [0.3, 0.4) is 0 Å². The summed E-state index contributed by atoms with van der Waals surface area (Å²) in [6.45, 7) is 1.91. The normalized spacial score (nSPS) is 23.1. The lowest BCUT2D eigenvalue weighted by Gasteiger charge is -2.20. The number of amides is 1. The second-order valence-corrected chi connectivity index (χ2v) is 4.49. The molecule has 1 aromatic rings. The van der Waals surface area contributed by atoms with E-state index >= 15 is 0 Å². The maximum Gasteiger partial charge on any atom is 0.247 e. The van der Waals surface area contributed by atoms with Crippen molar-refractivity contribution in [3.05, 3.63) is 29.3 Å². The van der Waals surface area contributed by atoms with Gasteiger partial charge in [-0.2, -0.15) is 0 Å². The number of anilines is 1. The first-order valence-electron chi connectivity index (χ1n) is 5.56. The van der Waals surface area contributed by atoms with Crippen LogP contribution in [-0.4, -0.2) is 24.7 Å². The van der Waals surface area contributed by atoms with E-state index in [4.69, 9.17) is 10.5 Å². The van der Waals surface area contributed by atoms with Crippen LogP contribution in [0.5, 0.6) is 0 Å². The maximum absolute atomic E-state index is 13.5. The lowest BCUT2D eigenvalue weighted by molar-refractivity contribution is -0.121. The molecule has 1 saturated heterocycles. The number of nitrogens with one attached hydrogen (secondary N) is 1. The third-order valence-corrected chi connectivity index (χ3v) is 3.00. The predicted molar refractivity (Wildman–Crippen MR) is 62.1 cm³/mol. The second-order valence-electron chi connectivity index (χ2n) is 4.49. The minimum Gasteiger partial charge on any atom is -0.379 e. The van der Waals surface area contributed by atoms with Gasteiger partial charge in [0.15, 0.2) is 0 Å². The molecule has 6 heteroatoms. The van der Waals surface area contributed by atoms with Gasteiger partial charge in [0.25, 0.3) is 0 Å². The Morgan fingerprint density at radius 2 is 2.17 bits per heavy atom. The fraction of sp³-hybridized carbons (Fsp3) is 0.417. The third kappa shape index (κ3) is 2.34. The summed E-state index contributed by atoms with van der Waals surface area (Å²) in [5.74, 6) is -1.84. The van der Waals surface area contributed by atoms with Crippen LogP contribution in [-0.2, 0) is 9.53 Å². The van der Waals surface area contributed by atoms with Crippen molar-refractivity contribution in [3.8, 4) is 0 Å². The molecule has 1 unspecified atom stereocenters. The molecule has 3 N–H and O–H groups in total. The molecule has 0 saturated carbocycles. The first kappa shape index (κ1) is 12.9. The van der Waals surface area contributed by atoms with E-state index in [0.717, 1.165) is 12.1 Å². The molecule has 0 aliphatic carbocycles. The summed E-state index contributed by atoms with van der Waals surface area (Å²) in [5.41, 5.74) is 4.61. The van der Waals surface area contributed by atoms with E-state index in [1.54, 1.807) is 0 Å². The van der Waals surface area contributed by atoms with Crippen molar-refractivity contribution in [3.63, 3.8) is 0 Å². The van der Waals surface area contributed by atoms with E-state index in [1.165, 1.54) is 6.92 Å². The first-order chi connectivity index (χ1) is 8.42. The molecule has 1 aromatic carbocycles. The molecular weight excluding hydrogens is 242 g/mol. The zero-order valence-electron chi connectivity index (χ0n) is 9.93. The number of aryl methyl sites for hydroxylation is 1. The molecule has 1 aliphatic heterocycles. The number of ether oxygens (including phenoxy) is 1. The first-order valence-corrected chi connectivity index (χ1v) is 5.56. The van der Waals surface area contributed by atoms with Crippen LogP contribution in [0.2, 0.25) is 0 Å². The molecule has 0 aromatic heterocycles. The zero-order valence-corrected chi connectivity index (χ0v) is 9.93. The van der Waals surface area contributed by atoms with Crippen LogP contribution in [0.25, 0.3) is 0 Å². The number of rotatable bonds is 2. The Balaban J connectivity index is 2.19. The fourth-order valence-corrected chi connectivity index (χ4v) is 1.75. The molecule has 4 nitrogen and oxygen atoms in total. The smallest absolute Gasteiger partial charge is 0.247 e. The van der Waals surface area contributed by atoms with Gasteiger partial charge in [0.1, 0.15) is 17.2 Å². The van der Waals surface area contributed by atoms with Gasteiger partial charge in [-0.25, -0.2) is 8.78 Å². The van der Waals surface area contributed by atoms with E-state index < -0.39 is 23.1 Å². The largest absolute Gasteiger partial charge is 0.379 e. The molecule has 1 amide bonds. The highest BCUT2D eigenvalue weighted by Gasteiger charge is 2.38.